The second kappa shape index (κ2) is 5.19. The van der Waals surface area contributed by atoms with Crippen LogP contribution >= 0.6 is 0 Å². The monoisotopic (exact) mass is 283 g/mol. The highest BCUT2D eigenvalue weighted by atomic mass is 19.4. The van der Waals surface area contributed by atoms with Gasteiger partial charge in [0.05, 0.1) is 5.52 Å². The SMILES string of the molecule is CC(C)N(CC(F)(F)F)c1ccc2cc(N)ccc2n1. The van der Waals surface area contributed by atoms with E-state index in [2.05, 4.69) is 4.98 Å². The Bertz CT molecular complexity index is 608. The van der Waals surface area contributed by atoms with Crippen LogP contribution < -0.4 is 10.6 Å². The fraction of sp³-hybridized carbons (Fsp3) is 0.357. The van der Waals surface area contributed by atoms with Gasteiger partial charge in [-0.05, 0) is 44.2 Å². The lowest BCUT2D eigenvalue weighted by atomic mass is 10.2. The highest BCUT2D eigenvalue weighted by molar-refractivity contribution is 5.83. The number of hydrogen-bond acceptors (Lipinski definition) is 3. The summed E-state index contributed by atoms with van der Waals surface area (Å²) in [6.45, 7) is 2.40. The average molecular weight is 283 g/mol. The molecule has 0 spiro atoms. The topological polar surface area (TPSA) is 42.1 Å². The van der Waals surface area contributed by atoms with Crippen LogP contribution in [0, 0.1) is 0 Å². The lowest BCUT2D eigenvalue weighted by Gasteiger charge is -2.28. The minimum atomic E-state index is -4.26. The molecule has 3 nitrogen and oxygen atoms in total. The van der Waals surface area contributed by atoms with Gasteiger partial charge < -0.3 is 10.6 Å². The minimum absolute atomic E-state index is 0.296. The number of alkyl halides is 3. The molecule has 1 aromatic carbocycles. The van der Waals surface area contributed by atoms with E-state index < -0.39 is 12.7 Å². The molecular weight excluding hydrogens is 267 g/mol. The second-order valence-electron chi connectivity index (χ2n) is 4.96. The molecule has 0 amide bonds. The van der Waals surface area contributed by atoms with Crippen molar-refractivity contribution in [1.82, 2.24) is 4.98 Å². The van der Waals surface area contributed by atoms with E-state index in [1.807, 2.05) is 0 Å². The first-order valence-electron chi connectivity index (χ1n) is 6.26. The van der Waals surface area contributed by atoms with Crippen LogP contribution in [0.1, 0.15) is 13.8 Å². The second-order valence-corrected chi connectivity index (χ2v) is 4.96. The summed E-state index contributed by atoms with van der Waals surface area (Å²) in [4.78, 5) is 5.52. The third-order valence-corrected chi connectivity index (χ3v) is 2.97. The summed E-state index contributed by atoms with van der Waals surface area (Å²) in [6.07, 6.45) is -4.26. The molecule has 0 bridgehead atoms. The third-order valence-electron chi connectivity index (χ3n) is 2.97. The van der Waals surface area contributed by atoms with E-state index in [0.717, 1.165) is 5.39 Å². The maximum Gasteiger partial charge on any atom is 0.405 e. The van der Waals surface area contributed by atoms with Crippen molar-refractivity contribution in [3.05, 3.63) is 30.3 Å². The first-order valence-corrected chi connectivity index (χ1v) is 6.26. The summed E-state index contributed by atoms with van der Waals surface area (Å²) in [7, 11) is 0. The lowest BCUT2D eigenvalue weighted by molar-refractivity contribution is -0.120. The first-order chi connectivity index (χ1) is 9.26. The Morgan fingerprint density at radius 1 is 1.20 bits per heavy atom. The number of rotatable bonds is 3. The molecule has 0 saturated carbocycles. The molecule has 6 heteroatoms. The van der Waals surface area contributed by atoms with Gasteiger partial charge in [-0.1, -0.05) is 0 Å². The fourth-order valence-corrected chi connectivity index (χ4v) is 2.01. The van der Waals surface area contributed by atoms with Gasteiger partial charge in [0.15, 0.2) is 0 Å². The molecule has 0 fully saturated rings. The molecule has 20 heavy (non-hydrogen) atoms. The van der Waals surface area contributed by atoms with E-state index in [0.29, 0.717) is 17.0 Å². The Kier molecular flexibility index (Phi) is 3.74. The van der Waals surface area contributed by atoms with E-state index in [9.17, 15) is 13.2 Å². The number of fused-ring (bicyclic) bond motifs is 1. The van der Waals surface area contributed by atoms with Crippen molar-refractivity contribution in [2.45, 2.75) is 26.1 Å². The molecule has 0 aliphatic carbocycles. The summed E-state index contributed by atoms with van der Waals surface area (Å²) >= 11 is 0. The van der Waals surface area contributed by atoms with Crippen molar-refractivity contribution in [2.75, 3.05) is 17.2 Å². The van der Waals surface area contributed by atoms with Crippen LogP contribution in [0.4, 0.5) is 24.7 Å². The quantitative estimate of drug-likeness (QED) is 0.875. The van der Waals surface area contributed by atoms with Crippen LogP contribution in [0.2, 0.25) is 0 Å². The Balaban J connectivity index is 2.41. The molecule has 2 rings (SSSR count). The van der Waals surface area contributed by atoms with Gasteiger partial charge in [0.25, 0.3) is 0 Å². The van der Waals surface area contributed by atoms with Crippen LogP contribution in [0.25, 0.3) is 10.9 Å². The molecule has 108 valence electrons. The number of hydrogen-bond donors (Lipinski definition) is 1. The predicted octanol–water partition coefficient (Wildman–Crippen LogP) is 3.59. The van der Waals surface area contributed by atoms with Crippen molar-refractivity contribution in [3.8, 4) is 0 Å². The first kappa shape index (κ1) is 14.4. The van der Waals surface area contributed by atoms with Crippen LogP contribution in [0.5, 0.6) is 0 Å². The van der Waals surface area contributed by atoms with Gasteiger partial charge >= 0.3 is 6.18 Å². The van der Waals surface area contributed by atoms with E-state index in [1.165, 1.54) is 4.90 Å². The maximum atomic E-state index is 12.6. The number of nitrogens with two attached hydrogens (primary N) is 1. The highest BCUT2D eigenvalue weighted by Crippen LogP contribution is 2.25. The summed E-state index contributed by atoms with van der Waals surface area (Å²) in [5, 5.41) is 0.810. The fourth-order valence-electron chi connectivity index (χ4n) is 2.01. The van der Waals surface area contributed by atoms with Gasteiger partial charge in [0.2, 0.25) is 0 Å². The molecule has 0 aliphatic rings. The van der Waals surface area contributed by atoms with Crippen molar-refractivity contribution < 1.29 is 13.2 Å². The van der Waals surface area contributed by atoms with Gasteiger partial charge in [-0.2, -0.15) is 13.2 Å². The van der Waals surface area contributed by atoms with E-state index in [-0.39, 0.29) is 6.04 Å². The minimum Gasteiger partial charge on any atom is -0.399 e. The van der Waals surface area contributed by atoms with Crippen molar-refractivity contribution in [1.29, 1.82) is 0 Å². The van der Waals surface area contributed by atoms with Crippen LogP contribution in [0.3, 0.4) is 0 Å². The molecule has 0 saturated heterocycles. The summed E-state index contributed by atoms with van der Waals surface area (Å²) < 4.78 is 37.9. The Hall–Kier alpha value is -1.98. The maximum absolute atomic E-state index is 12.6. The number of benzene rings is 1. The lowest BCUT2D eigenvalue weighted by Crippen LogP contribution is -2.39. The number of nitrogens with zero attached hydrogens (tertiary/aromatic N) is 2. The Morgan fingerprint density at radius 2 is 1.90 bits per heavy atom. The molecular formula is C14H16F3N3. The van der Waals surface area contributed by atoms with Crippen molar-refractivity contribution in [2.24, 2.45) is 0 Å². The molecule has 1 heterocycles. The summed E-state index contributed by atoms with van der Waals surface area (Å²) in [5.41, 5.74) is 6.90. The van der Waals surface area contributed by atoms with Gasteiger partial charge in [-0.25, -0.2) is 4.98 Å². The van der Waals surface area contributed by atoms with Crippen LogP contribution in [0.15, 0.2) is 30.3 Å². The van der Waals surface area contributed by atoms with Gasteiger partial charge in [0, 0.05) is 17.1 Å². The number of anilines is 2. The molecule has 0 aliphatic heterocycles. The zero-order chi connectivity index (χ0) is 14.9. The van der Waals surface area contributed by atoms with Gasteiger partial charge in [-0.15, -0.1) is 0 Å². The predicted molar refractivity (Wildman–Crippen MR) is 74.7 cm³/mol. The number of pyridine rings is 1. The smallest absolute Gasteiger partial charge is 0.399 e. The average Bonchev–Trinajstić information content (AvgIpc) is 2.34. The van der Waals surface area contributed by atoms with E-state index >= 15 is 0 Å². The molecule has 2 aromatic rings. The molecule has 0 atom stereocenters. The van der Waals surface area contributed by atoms with E-state index in [4.69, 9.17) is 5.73 Å². The summed E-state index contributed by atoms with van der Waals surface area (Å²) in [6, 6.07) is 8.17. The number of halogens is 3. The van der Waals surface area contributed by atoms with Crippen LogP contribution in [-0.2, 0) is 0 Å². The van der Waals surface area contributed by atoms with Gasteiger partial charge in [0.1, 0.15) is 12.4 Å². The molecule has 0 radical (unpaired) electrons. The zero-order valence-corrected chi connectivity index (χ0v) is 11.3. The van der Waals surface area contributed by atoms with Crippen molar-refractivity contribution in [3.63, 3.8) is 0 Å². The highest BCUT2D eigenvalue weighted by Gasteiger charge is 2.32. The number of aromatic nitrogens is 1. The van der Waals surface area contributed by atoms with Crippen molar-refractivity contribution >= 4 is 22.4 Å². The molecule has 2 N–H and O–H groups in total. The Morgan fingerprint density at radius 3 is 2.50 bits per heavy atom. The zero-order valence-electron chi connectivity index (χ0n) is 11.3. The summed E-state index contributed by atoms with van der Waals surface area (Å²) in [5.74, 6) is 0.314. The molecule has 1 aromatic heterocycles. The van der Waals surface area contributed by atoms with Crippen LogP contribution in [-0.4, -0.2) is 23.7 Å². The van der Waals surface area contributed by atoms with Gasteiger partial charge in [-0.3, -0.25) is 0 Å². The van der Waals surface area contributed by atoms with E-state index in [1.54, 1.807) is 44.2 Å². The third kappa shape index (κ3) is 3.31. The standard InChI is InChI=1S/C14H16F3N3/c1-9(2)20(8-14(15,16)17)13-6-3-10-7-11(18)4-5-12(10)19-13/h3-7,9H,8,18H2,1-2H3. The molecule has 0 unspecified atom stereocenters. The number of nitrogen functional groups attached to an aromatic ring is 1. The Labute approximate surface area is 115 Å². The normalized spacial score (nSPS) is 12.1. The largest absolute Gasteiger partial charge is 0.405 e.